The van der Waals surface area contributed by atoms with Crippen LogP contribution in [0, 0.1) is 0 Å². The van der Waals surface area contributed by atoms with Crippen LogP contribution in [0.1, 0.15) is 24.5 Å². The van der Waals surface area contributed by atoms with Gasteiger partial charge in [0.1, 0.15) is 5.75 Å². The molecule has 4 heteroatoms. The maximum absolute atomic E-state index is 10.6. The molecular formula is C15H16O4. The first-order valence-corrected chi connectivity index (χ1v) is 6.09. The van der Waals surface area contributed by atoms with Crippen LogP contribution in [0.4, 0.5) is 0 Å². The monoisotopic (exact) mass is 260 g/mol. The van der Waals surface area contributed by atoms with Crippen LogP contribution in [-0.2, 0) is 4.79 Å². The van der Waals surface area contributed by atoms with Crippen molar-refractivity contribution in [2.45, 2.75) is 18.9 Å². The summed E-state index contributed by atoms with van der Waals surface area (Å²) in [6.45, 7) is 0. The first-order valence-electron chi connectivity index (χ1n) is 6.09. The van der Waals surface area contributed by atoms with Gasteiger partial charge < -0.3 is 14.9 Å². The van der Waals surface area contributed by atoms with Crippen LogP contribution in [0.2, 0.25) is 0 Å². The fourth-order valence-electron chi connectivity index (χ4n) is 2.18. The second-order valence-electron chi connectivity index (χ2n) is 4.35. The Balaban J connectivity index is 2.41. The first kappa shape index (κ1) is 13.4. The molecule has 0 fully saturated rings. The maximum Gasteiger partial charge on any atom is 0.303 e. The summed E-state index contributed by atoms with van der Waals surface area (Å²) in [6.07, 6.45) is -0.639. The molecule has 2 rings (SSSR count). The molecule has 2 N–H and O–H groups in total. The molecule has 1 atom stereocenters. The van der Waals surface area contributed by atoms with Crippen molar-refractivity contribution in [1.29, 1.82) is 0 Å². The van der Waals surface area contributed by atoms with Crippen LogP contribution < -0.4 is 4.74 Å². The molecule has 0 radical (unpaired) electrons. The number of rotatable bonds is 5. The lowest BCUT2D eigenvalue weighted by Crippen LogP contribution is -2.03. The summed E-state index contributed by atoms with van der Waals surface area (Å²) < 4.78 is 5.28. The summed E-state index contributed by atoms with van der Waals surface area (Å²) in [6, 6.07) is 11.2. The summed E-state index contributed by atoms with van der Waals surface area (Å²) in [5.41, 5.74) is 0.734. The fraction of sp³-hybridized carbons (Fsp3) is 0.267. The number of benzene rings is 2. The van der Waals surface area contributed by atoms with Gasteiger partial charge in [-0.3, -0.25) is 4.79 Å². The minimum absolute atomic E-state index is 0.0540. The third-order valence-electron chi connectivity index (χ3n) is 3.13. The lowest BCUT2D eigenvalue weighted by atomic mass is 9.97. The largest absolute Gasteiger partial charge is 0.496 e. The molecule has 0 saturated heterocycles. The zero-order chi connectivity index (χ0) is 13.8. The van der Waals surface area contributed by atoms with E-state index >= 15 is 0 Å². The zero-order valence-electron chi connectivity index (χ0n) is 10.7. The molecule has 2 aromatic carbocycles. The minimum atomic E-state index is -0.906. The number of aliphatic hydroxyl groups is 1. The molecule has 2 aromatic rings. The third kappa shape index (κ3) is 2.85. The van der Waals surface area contributed by atoms with E-state index in [1.807, 2.05) is 24.3 Å². The van der Waals surface area contributed by atoms with Crippen molar-refractivity contribution in [2.24, 2.45) is 0 Å². The van der Waals surface area contributed by atoms with Gasteiger partial charge in [0.2, 0.25) is 0 Å². The number of hydrogen-bond acceptors (Lipinski definition) is 3. The third-order valence-corrected chi connectivity index (χ3v) is 3.13. The Morgan fingerprint density at radius 2 is 1.89 bits per heavy atom. The van der Waals surface area contributed by atoms with Gasteiger partial charge in [-0.05, 0) is 23.4 Å². The van der Waals surface area contributed by atoms with Crippen LogP contribution in [-0.4, -0.2) is 23.3 Å². The van der Waals surface area contributed by atoms with Crippen molar-refractivity contribution in [3.63, 3.8) is 0 Å². The molecule has 19 heavy (non-hydrogen) atoms. The van der Waals surface area contributed by atoms with Crippen LogP contribution >= 0.6 is 0 Å². The topological polar surface area (TPSA) is 66.8 Å². The molecule has 0 spiro atoms. The number of aliphatic hydroxyl groups excluding tert-OH is 1. The highest BCUT2D eigenvalue weighted by atomic mass is 16.5. The maximum atomic E-state index is 10.6. The molecule has 0 unspecified atom stereocenters. The lowest BCUT2D eigenvalue weighted by molar-refractivity contribution is -0.137. The van der Waals surface area contributed by atoms with E-state index in [1.165, 1.54) is 0 Å². The zero-order valence-corrected chi connectivity index (χ0v) is 10.7. The van der Waals surface area contributed by atoms with E-state index < -0.39 is 12.1 Å². The standard InChI is InChI=1S/C15H16O4/c1-19-14-8-6-11(13(16)7-9-15(17)18)10-4-2-3-5-12(10)14/h2-6,8,13,16H,7,9H2,1H3,(H,17,18)/t13-/m0/s1. The van der Waals surface area contributed by atoms with E-state index in [0.717, 1.165) is 22.1 Å². The van der Waals surface area contributed by atoms with E-state index in [9.17, 15) is 9.90 Å². The summed E-state index contributed by atoms with van der Waals surface area (Å²) in [5.74, 6) is -0.165. The quantitative estimate of drug-likeness (QED) is 0.867. The van der Waals surface area contributed by atoms with Gasteiger partial charge in [-0.25, -0.2) is 0 Å². The van der Waals surface area contributed by atoms with Gasteiger partial charge in [0.15, 0.2) is 0 Å². The summed E-state index contributed by atoms with van der Waals surface area (Å²) in [4.78, 5) is 10.6. The Hall–Kier alpha value is -2.07. The predicted molar refractivity (Wildman–Crippen MR) is 72.3 cm³/mol. The van der Waals surface area contributed by atoms with E-state index in [0.29, 0.717) is 0 Å². The SMILES string of the molecule is COc1ccc([C@@H](O)CCC(=O)O)c2ccccc12. The normalized spacial score (nSPS) is 12.3. The van der Waals surface area contributed by atoms with Crippen molar-refractivity contribution in [1.82, 2.24) is 0 Å². The van der Waals surface area contributed by atoms with Gasteiger partial charge in [0.25, 0.3) is 0 Å². The summed E-state index contributed by atoms with van der Waals surface area (Å²) in [7, 11) is 1.60. The minimum Gasteiger partial charge on any atom is -0.496 e. The van der Waals surface area contributed by atoms with Crippen molar-refractivity contribution in [2.75, 3.05) is 7.11 Å². The number of fused-ring (bicyclic) bond motifs is 1. The Labute approximate surface area is 111 Å². The molecule has 0 aliphatic rings. The summed E-state index contributed by atoms with van der Waals surface area (Å²) >= 11 is 0. The molecule has 0 aliphatic carbocycles. The van der Waals surface area contributed by atoms with E-state index in [2.05, 4.69) is 0 Å². The second-order valence-corrected chi connectivity index (χ2v) is 4.35. The highest BCUT2D eigenvalue weighted by Gasteiger charge is 2.14. The van der Waals surface area contributed by atoms with Crippen LogP contribution in [0.15, 0.2) is 36.4 Å². The van der Waals surface area contributed by atoms with Gasteiger partial charge in [-0.1, -0.05) is 30.3 Å². The smallest absolute Gasteiger partial charge is 0.303 e. The van der Waals surface area contributed by atoms with Crippen molar-refractivity contribution < 1.29 is 19.7 Å². The number of carboxylic acid groups (broad SMARTS) is 1. The van der Waals surface area contributed by atoms with Gasteiger partial charge in [-0.15, -0.1) is 0 Å². The van der Waals surface area contributed by atoms with Gasteiger partial charge in [0.05, 0.1) is 13.2 Å². The fourth-order valence-corrected chi connectivity index (χ4v) is 2.18. The highest BCUT2D eigenvalue weighted by Crippen LogP contribution is 2.32. The Morgan fingerprint density at radius 1 is 1.21 bits per heavy atom. The Bertz CT molecular complexity index is 592. The molecular weight excluding hydrogens is 244 g/mol. The predicted octanol–water partition coefficient (Wildman–Crippen LogP) is 2.75. The van der Waals surface area contributed by atoms with Gasteiger partial charge in [0, 0.05) is 11.8 Å². The lowest BCUT2D eigenvalue weighted by Gasteiger charge is -2.14. The van der Waals surface area contributed by atoms with Gasteiger partial charge in [-0.2, -0.15) is 0 Å². The number of aliphatic carboxylic acids is 1. The molecule has 0 heterocycles. The van der Waals surface area contributed by atoms with Crippen molar-refractivity contribution in [3.8, 4) is 5.75 Å². The number of carbonyl (C=O) groups is 1. The van der Waals surface area contributed by atoms with Crippen LogP contribution in [0.3, 0.4) is 0 Å². The van der Waals surface area contributed by atoms with Gasteiger partial charge >= 0.3 is 5.97 Å². The molecule has 0 aromatic heterocycles. The average molecular weight is 260 g/mol. The van der Waals surface area contributed by atoms with Crippen molar-refractivity contribution in [3.05, 3.63) is 42.0 Å². The second kappa shape index (κ2) is 5.71. The number of ether oxygens (including phenoxy) is 1. The molecule has 100 valence electrons. The number of methoxy groups -OCH3 is 1. The molecule has 0 bridgehead atoms. The van der Waals surface area contributed by atoms with Crippen LogP contribution in [0.5, 0.6) is 5.75 Å². The Kier molecular flexibility index (Phi) is 4.02. The van der Waals surface area contributed by atoms with E-state index in [-0.39, 0.29) is 12.8 Å². The molecule has 0 saturated carbocycles. The van der Waals surface area contributed by atoms with Crippen molar-refractivity contribution >= 4 is 16.7 Å². The average Bonchev–Trinajstić information content (AvgIpc) is 2.43. The summed E-state index contributed by atoms with van der Waals surface area (Å²) in [5, 5.41) is 20.6. The highest BCUT2D eigenvalue weighted by molar-refractivity contribution is 5.91. The van der Waals surface area contributed by atoms with Crippen LogP contribution in [0.25, 0.3) is 10.8 Å². The number of hydrogen-bond donors (Lipinski definition) is 2. The Morgan fingerprint density at radius 3 is 2.53 bits per heavy atom. The van der Waals surface area contributed by atoms with E-state index in [4.69, 9.17) is 9.84 Å². The molecule has 4 nitrogen and oxygen atoms in total. The molecule has 0 aliphatic heterocycles. The number of carboxylic acids is 1. The van der Waals surface area contributed by atoms with E-state index in [1.54, 1.807) is 19.2 Å². The molecule has 0 amide bonds. The first-order chi connectivity index (χ1) is 9.13.